The quantitative estimate of drug-likeness (QED) is 0.299. The zero-order chi connectivity index (χ0) is 30.8. The van der Waals surface area contributed by atoms with Gasteiger partial charge >= 0.3 is 6.18 Å². The Morgan fingerprint density at radius 1 is 1.05 bits per heavy atom. The van der Waals surface area contributed by atoms with Gasteiger partial charge in [-0.1, -0.05) is 6.07 Å². The van der Waals surface area contributed by atoms with Gasteiger partial charge < -0.3 is 14.8 Å². The van der Waals surface area contributed by atoms with Gasteiger partial charge in [0.1, 0.15) is 28.7 Å². The highest BCUT2D eigenvalue weighted by Crippen LogP contribution is 2.33. The molecule has 5 heterocycles. The molecule has 232 valence electrons. The number of nitriles is 1. The van der Waals surface area contributed by atoms with E-state index >= 15 is 0 Å². The number of likely N-dealkylation sites (tertiary alicyclic amines) is 1. The van der Waals surface area contributed by atoms with Crippen molar-refractivity contribution in [1.29, 1.82) is 5.26 Å². The lowest BCUT2D eigenvalue weighted by Crippen LogP contribution is -2.48. The lowest BCUT2D eigenvalue weighted by Gasteiger charge is -2.34. The van der Waals surface area contributed by atoms with Gasteiger partial charge in [0.15, 0.2) is 0 Å². The van der Waals surface area contributed by atoms with E-state index in [0.29, 0.717) is 21.7 Å². The summed E-state index contributed by atoms with van der Waals surface area (Å²) in [5.74, 6) is 0.718. The number of rotatable bonds is 8. The van der Waals surface area contributed by atoms with Gasteiger partial charge in [0.2, 0.25) is 5.91 Å². The van der Waals surface area contributed by atoms with Gasteiger partial charge in [0.25, 0.3) is 0 Å². The van der Waals surface area contributed by atoms with Crippen LogP contribution in [0.5, 0.6) is 0 Å². The van der Waals surface area contributed by atoms with Crippen molar-refractivity contribution >= 4 is 44.2 Å². The Morgan fingerprint density at radius 3 is 2.52 bits per heavy atom. The molecule has 6 rings (SSSR count). The predicted molar refractivity (Wildman–Crippen MR) is 164 cm³/mol. The summed E-state index contributed by atoms with van der Waals surface area (Å²) in [7, 11) is 0. The highest BCUT2D eigenvalue weighted by atomic mass is 32.1. The molecular formula is C31H35F3N8OS. The number of halogens is 3. The summed E-state index contributed by atoms with van der Waals surface area (Å²) < 4.78 is 40.8. The number of anilines is 1. The summed E-state index contributed by atoms with van der Waals surface area (Å²) in [6.45, 7) is 8.92. The molecule has 0 spiro atoms. The fourth-order valence-corrected chi connectivity index (χ4v) is 7.30. The summed E-state index contributed by atoms with van der Waals surface area (Å²) in [6, 6.07) is 12.5. The molecule has 2 aliphatic heterocycles. The Bertz CT molecular complexity index is 1680. The van der Waals surface area contributed by atoms with Gasteiger partial charge in [-0.25, -0.2) is 9.97 Å². The van der Waals surface area contributed by atoms with Crippen molar-refractivity contribution in [1.82, 2.24) is 29.2 Å². The number of hydrogen-bond acceptors (Lipinski definition) is 8. The maximum absolute atomic E-state index is 12.9. The molecule has 0 atom stereocenters. The summed E-state index contributed by atoms with van der Waals surface area (Å²) in [4.78, 5) is 27.6. The highest BCUT2D eigenvalue weighted by Gasteiger charge is 2.29. The standard InChI is InChI=1S/C31H35F3N8OS/c1-21(43)41-11-8-39(9-12-41)10-13-42-25(18-35)15-23-14-22(2-3-28(23)42)19-40-6-4-24(5-7-40)38-29-27-16-26(17-31(32,33)34)44-30(27)37-20-36-29/h2-3,14-16,20,24H,4-13,17,19H2,1H3,(H,36,37,38). The number of nitrogens with zero attached hydrogens (tertiary/aromatic N) is 7. The van der Waals surface area contributed by atoms with Crippen molar-refractivity contribution < 1.29 is 18.0 Å². The Morgan fingerprint density at radius 2 is 1.82 bits per heavy atom. The average molecular weight is 625 g/mol. The molecule has 44 heavy (non-hydrogen) atoms. The lowest BCUT2D eigenvalue weighted by atomic mass is 10.0. The highest BCUT2D eigenvalue weighted by molar-refractivity contribution is 7.18. The molecule has 2 fully saturated rings. The Kier molecular flexibility index (Phi) is 8.75. The molecule has 13 heteroatoms. The van der Waals surface area contributed by atoms with Gasteiger partial charge in [-0.3, -0.25) is 14.6 Å². The van der Waals surface area contributed by atoms with Crippen molar-refractivity contribution in [3.8, 4) is 6.07 Å². The third-order valence-corrected chi connectivity index (χ3v) is 9.67. The van der Waals surface area contributed by atoms with E-state index < -0.39 is 12.6 Å². The zero-order valence-corrected chi connectivity index (χ0v) is 25.4. The second-order valence-corrected chi connectivity index (χ2v) is 12.8. The van der Waals surface area contributed by atoms with E-state index in [-0.39, 0.29) is 16.8 Å². The monoisotopic (exact) mass is 624 g/mol. The van der Waals surface area contributed by atoms with Crippen LogP contribution in [0.1, 0.15) is 35.9 Å². The second kappa shape index (κ2) is 12.7. The molecule has 2 aliphatic rings. The number of alkyl halides is 3. The molecule has 9 nitrogen and oxygen atoms in total. The largest absolute Gasteiger partial charge is 0.393 e. The molecule has 0 radical (unpaired) electrons. The SMILES string of the molecule is CC(=O)N1CCN(CCn2c(C#N)cc3cc(CN4CCC(Nc5ncnc6sc(CC(F)(F)F)cc56)CC4)ccc32)CC1. The summed E-state index contributed by atoms with van der Waals surface area (Å²) in [5, 5.41) is 15.0. The zero-order valence-electron chi connectivity index (χ0n) is 24.6. The van der Waals surface area contributed by atoms with Crippen molar-refractivity contribution in [2.45, 2.75) is 51.5 Å². The van der Waals surface area contributed by atoms with Crippen molar-refractivity contribution in [3.63, 3.8) is 0 Å². The van der Waals surface area contributed by atoms with Crippen LogP contribution >= 0.6 is 11.3 Å². The van der Waals surface area contributed by atoms with Crippen LogP contribution in [0.25, 0.3) is 21.1 Å². The molecule has 4 aromatic rings. The van der Waals surface area contributed by atoms with Gasteiger partial charge in [-0.05, 0) is 42.7 Å². The summed E-state index contributed by atoms with van der Waals surface area (Å²) in [6.07, 6.45) is -2.02. The number of thiophene rings is 1. The third-order valence-electron chi connectivity index (χ3n) is 8.63. The number of carbonyl (C=O) groups excluding carboxylic acids is 1. The molecule has 3 aromatic heterocycles. The smallest absolute Gasteiger partial charge is 0.367 e. The Labute approximate surface area is 257 Å². The maximum Gasteiger partial charge on any atom is 0.393 e. The van der Waals surface area contributed by atoms with Gasteiger partial charge in [-0.2, -0.15) is 18.4 Å². The van der Waals surface area contributed by atoms with E-state index in [4.69, 9.17) is 0 Å². The van der Waals surface area contributed by atoms with Crippen LogP contribution in [0.15, 0.2) is 36.7 Å². The average Bonchev–Trinajstić information content (AvgIpc) is 3.56. The second-order valence-electron chi connectivity index (χ2n) is 11.7. The number of nitrogens with one attached hydrogen (secondary N) is 1. The minimum atomic E-state index is -4.25. The molecular weight excluding hydrogens is 589 g/mol. The molecule has 2 saturated heterocycles. The van der Waals surface area contributed by atoms with Gasteiger partial charge in [-0.15, -0.1) is 11.3 Å². The molecule has 1 amide bonds. The van der Waals surface area contributed by atoms with Gasteiger partial charge in [0, 0.05) is 87.6 Å². The van der Waals surface area contributed by atoms with Crippen LogP contribution in [0.3, 0.4) is 0 Å². The number of aromatic nitrogens is 3. The van der Waals surface area contributed by atoms with Crippen molar-refractivity contribution in [2.24, 2.45) is 0 Å². The topological polar surface area (TPSA) is 93.3 Å². The number of amides is 1. The molecule has 0 unspecified atom stereocenters. The lowest BCUT2D eigenvalue weighted by molar-refractivity contribution is -0.130. The molecule has 0 bridgehead atoms. The number of benzene rings is 1. The van der Waals surface area contributed by atoms with Crippen LogP contribution in [0, 0.1) is 11.3 Å². The number of piperidine rings is 1. The molecule has 0 saturated carbocycles. The first-order valence-electron chi connectivity index (χ1n) is 14.9. The summed E-state index contributed by atoms with van der Waals surface area (Å²) in [5.41, 5.74) is 2.90. The minimum Gasteiger partial charge on any atom is -0.367 e. The minimum absolute atomic E-state index is 0.121. The fourth-order valence-electron chi connectivity index (χ4n) is 6.27. The van der Waals surface area contributed by atoms with Crippen LogP contribution in [-0.4, -0.2) is 93.2 Å². The van der Waals surface area contributed by atoms with Crippen molar-refractivity contribution in [3.05, 3.63) is 52.8 Å². The van der Waals surface area contributed by atoms with E-state index in [1.165, 1.54) is 11.9 Å². The van der Waals surface area contributed by atoms with Crippen LogP contribution in [0.2, 0.25) is 0 Å². The molecule has 0 aliphatic carbocycles. The first-order chi connectivity index (χ1) is 21.1. The predicted octanol–water partition coefficient (Wildman–Crippen LogP) is 4.86. The number of hydrogen-bond donors (Lipinski definition) is 1. The molecule has 1 aromatic carbocycles. The Balaban J connectivity index is 1.04. The molecule has 1 N–H and O–H groups in total. The van der Waals surface area contributed by atoms with E-state index in [1.807, 2.05) is 11.0 Å². The Hall–Kier alpha value is -3.73. The first kappa shape index (κ1) is 30.3. The number of fused-ring (bicyclic) bond motifs is 2. The van der Waals surface area contributed by atoms with E-state index in [1.54, 1.807) is 13.0 Å². The number of piperazine rings is 1. The first-order valence-corrected chi connectivity index (χ1v) is 15.8. The van der Waals surface area contributed by atoms with Crippen LogP contribution < -0.4 is 5.32 Å². The number of carbonyl (C=O) groups is 1. The van der Waals surface area contributed by atoms with Crippen molar-refractivity contribution in [2.75, 3.05) is 51.1 Å². The van der Waals surface area contributed by atoms with E-state index in [2.05, 4.69) is 53.9 Å². The van der Waals surface area contributed by atoms with Crippen LogP contribution in [0.4, 0.5) is 19.0 Å². The van der Waals surface area contributed by atoms with Crippen LogP contribution in [-0.2, 0) is 24.3 Å². The van der Waals surface area contributed by atoms with E-state index in [9.17, 15) is 23.2 Å². The van der Waals surface area contributed by atoms with Gasteiger partial charge in [0.05, 0.1) is 11.8 Å². The van der Waals surface area contributed by atoms with E-state index in [0.717, 1.165) is 94.0 Å². The fraction of sp³-hybridized carbons (Fsp3) is 0.484. The maximum atomic E-state index is 12.9. The summed E-state index contributed by atoms with van der Waals surface area (Å²) >= 11 is 1.06. The normalized spacial score (nSPS) is 17.4. The third kappa shape index (κ3) is 6.98.